The summed E-state index contributed by atoms with van der Waals surface area (Å²) in [5.74, 6) is 0. The second kappa shape index (κ2) is 2.55. The lowest BCUT2D eigenvalue weighted by Crippen LogP contribution is -2.06. The molecule has 0 spiro atoms. The fourth-order valence-electron chi connectivity index (χ4n) is 0.757. The van der Waals surface area contributed by atoms with Gasteiger partial charge in [-0.1, -0.05) is 0 Å². The molecule has 0 saturated carbocycles. The fourth-order valence-corrected chi connectivity index (χ4v) is 0.757. The quantitative estimate of drug-likeness (QED) is 0.517. The summed E-state index contributed by atoms with van der Waals surface area (Å²) in [4.78, 5) is 0. The Balaban J connectivity index is 2.74. The molecule has 46 valence electrons. The van der Waals surface area contributed by atoms with Crippen molar-refractivity contribution in [3.63, 3.8) is 0 Å². The van der Waals surface area contributed by atoms with Gasteiger partial charge < -0.3 is 5.73 Å². The van der Waals surface area contributed by atoms with Crippen LogP contribution in [0.3, 0.4) is 0 Å². The molecule has 0 fully saturated rings. The zero-order valence-electron chi connectivity index (χ0n) is 5.30. The van der Waals surface area contributed by atoms with E-state index < -0.39 is 0 Å². The third-order valence-corrected chi connectivity index (χ3v) is 1.34. The zero-order valence-corrected chi connectivity index (χ0v) is 5.30. The Morgan fingerprint density at radius 2 is 2.44 bits per heavy atom. The molecule has 0 amide bonds. The third-order valence-electron chi connectivity index (χ3n) is 1.34. The van der Waals surface area contributed by atoms with Gasteiger partial charge in [0.2, 0.25) is 0 Å². The molecule has 1 aliphatic carbocycles. The van der Waals surface area contributed by atoms with Gasteiger partial charge >= 0.3 is 0 Å². The first-order valence-electron chi connectivity index (χ1n) is 2.94. The molecule has 0 aliphatic heterocycles. The van der Waals surface area contributed by atoms with Gasteiger partial charge in [0.25, 0.3) is 0 Å². The van der Waals surface area contributed by atoms with Crippen LogP contribution < -0.4 is 5.73 Å². The molecule has 0 aromatic rings. The zero-order chi connectivity index (χ0) is 6.69. The van der Waals surface area contributed by atoms with Crippen LogP contribution in [0.5, 0.6) is 0 Å². The van der Waals surface area contributed by atoms with Crippen molar-refractivity contribution in [1.29, 1.82) is 0 Å². The maximum atomic E-state index is 5.41. The van der Waals surface area contributed by atoms with Gasteiger partial charge in [0, 0.05) is 24.6 Å². The van der Waals surface area contributed by atoms with Crippen molar-refractivity contribution in [3.8, 4) is 0 Å². The number of nitrogens with two attached hydrogens (primary N) is 1. The summed E-state index contributed by atoms with van der Waals surface area (Å²) >= 11 is 0. The second-order valence-corrected chi connectivity index (χ2v) is 1.97. The molecule has 0 saturated heterocycles. The van der Waals surface area contributed by atoms with Crippen molar-refractivity contribution in [2.75, 3.05) is 6.54 Å². The first-order valence-corrected chi connectivity index (χ1v) is 2.94. The SMILES string of the molecule is C=C1[CH+]C=CC=C1CN. The van der Waals surface area contributed by atoms with Crippen LogP contribution in [0, 0.1) is 6.42 Å². The van der Waals surface area contributed by atoms with Gasteiger partial charge in [-0.05, 0) is 6.58 Å². The first-order chi connectivity index (χ1) is 4.34. The maximum Gasteiger partial charge on any atom is 0.0931 e. The molecular weight excluding hydrogens is 110 g/mol. The largest absolute Gasteiger partial charge is 0.319 e. The average molecular weight is 120 g/mol. The summed E-state index contributed by atoms with van der Waals surface area (Å²) in [5.41, 5.74) is 7.56. The summed E-state index contributed by atoms with van der Waals surface area (Å²) in [7, 11) is 0. The minimum Gasteiger partial charge on any atom is -0.319 e. The Bertz CT molecular complexity index is 175. The standard InChI is InChI=1S/C8H10N/c1-7-4-2-3-5-8(7)6-9/h2-5H,1,6,9H2/q+1. The van der Waals surface area contributed by atoms with E-state index in [1.807, 2.05) is 24.6 Å². The summed E-state index contributed by atoms with van der Waals surface area (Å²) in [5, 5.41) is 0. The molecule has 0 unspecified atom stereocenters. The Labute approximate surface area is 55.6 Å². The molecule has 0 heterocycles. The van der Waals surface area contributed by atoms with E-state index in [0.29, 0.717) is 6.54 Å². The van der Waals surface area contributed by atoms with Crippen molar-refractivity contribution < 1.29 is 0 Å². The van der Waals surface area contributed by atoms with E-state index in [-0.39, 0.29) is 0 Å². The molecule has 2 N–H and O–H groups in total. The molecule has 1 nitrogen and oxygen atoms in total. The Hall–Kier alpha value is -0.950. The minimum atomic E-state index is 0.583. The van der Waals surface area contributed by atoms with E-state index in [4.69, 9.17) is 5.73 Å². The average Bonchev–Trinajstić information content (AvgIpc) is 1.89. The monoisotopic (exact) mass is 120 g/mol. The number of rotatable bonds is 1. The molecule has 9 heavy (non-hydrogen) atoms. The molecule has 0 radical (unpaired) electrons. The lowest BCUT2D eigenvalue weighted by molar-refractivity contribution is 1.15. The van der Waals surface area contributed by atoms with Crippen molar-refractivity contribution in [3.05, 3.63) is 42.4 Å². The molecule has 1 rings (SSSR count). The summed E-state index contributed by atoms with van der Waals surface area (Å²) in [6.45, 7) is 4.39. The van der Waals surface area contributed by atoms with Gasteiger partial charge in [-0.3, -0.25) is 0 Å². The van der Waals surface area contributed by atoms with Gasteiger partial charge in [0.1, 0.15) is 0 Å². The van der Waals surface area contributed by atoms with E-state index in [9.17, 15) is 0 Å². The Morgan fingerprint density at radius 1 is 1.67 bits per heavy atom. The molecule has 0 atom stereocenters. The van der Waals surface area contributed by atoms with Crippen molar-refractivity contribution in [2.45, 2.75) is 0 Å². The van der Waals surface area contributed by atoms with Crippen LogP contribution in [0.1, 0.15) is 0 Å². The summed E-state index contributed by atoms with van der Waals surface area (Å²) in [6.07, 6.45) is 7.88. The molecule has 0 aromatic heterocycles. The Kier molecular flexibility index (Phi) is 1.75. The van der Waals surface area contributed by atoms with Gasteiger partial charge in [0.15, 0.2) is 0 Å². The lowest BCUT2D eigenvalue weighted by Gasteiger charge is -1.99. The van der Waals surface area contributed by atoms with Gasteiger partial charge in [0.05, 0.1) is 17.7 Å². The molecule has 0 bridgehead atoms. The predicted molar refractivity (Wildman–Crippen MR) is 39.7 cm³/mol. The van der Waals surface area contributed by atoms with E-state index >= 15 is 0 Å². The van der Waals surface area contributed by atoms with Gasteiger partial charge in [-0.2, -0.15) is 0 Å². The normalized spacial score (nSPS) is 17.0. The molecule has 1 heteroatoms. The van der Waals surface area contributed by atoms with Crippen LogP contribution in [-0.4, -0.2) is 6.54 Å². The second-order valence-electron chi connectivity index (χ2n) is 1.97. The highest BCUT2D eigenvalue weighted by Gasteiger charge is 2.08. The van der Waals surface area contributed by atoms with E-state index in [0.717, 1.165) is 11.1 Å². The van der Waals surface area contributed by atoms with E-state index in [2.05, 4.69) is 6.58 Å². The highest BCUT2D eigenvalue weighted by atomic mass is 14.5. The van der Waals surface area contributed by atoms with E-state index in [1.54, 1.807) is 0 Å². The van der Waals surface area contributed by atoms with Crippen LogP contribution >= 0.6 is 0 Å². The van der Waals surface area contributed by atoms with Gasteiger partial charge in [-0.25, -0.2) is 0 Å². The molecule has 1 aliphatic rings. The lowest BCUT2D eigenvalue weighted by atomic mass is 10.0. The van der Waals surface area contributed by atoms with Crippen LogP contribution in [0.4, 0.5) is 0 Å². The van der Waals surface area contributed by atoms with E-state index in [1.165, 1.54) is 0 Å². The minimum absolute atomic E-state index is 0.583. The van der Waals surface area contributed by atoms with Crippen LogP contribution in [-0.2, 0) is 0 Å². The van der Waals surface area contributed by atoms with Crippen LogP contribution in [0.2, 0.25) is 0 Å². The summed E-state index contributed by atoms with van der Waals surface area (Å²) < 4.78 is 0. The number of hydrogen-bond donors (Lipinski definition) is 1. The highest BCUT2D eigenvalue weighted by Crippen LogP contribution is 2.14. The summed E-state index contributed by atoms with van der Waals surface area (Å²) in [6, 6.07) is 0. The number of hydrogen-bond acceptors (Lipinski definition) is 1. The predicted octanol–water partition coefficient (Wildman–Crippen LogP) is 1.20. The van der Waals surface area contributed by atoms with Crippen molar-refractivity contribution in [1.82, 2.24) is 0 Å². The molecule has 0 aromatic carbocycles. The topological polar surface area (TPSA) is 26.0 Å². The first kappa shape index (κ1) is 6.17. The molecular formula is C8H10N+. The van der Waals surface area contributed by atoms with Gasteiger partial charge in [-0.15, -0.1) is 0 Å². The van der Waals surface area contributed by atoms with Crippen LogP contribution in [0.15, 0.2) is 36.0 Å². The Morgan fingerprint density at radius 3 is 2.89 bits per heavy atom. The van der Waals surface area contributed by atoms with Crippen molar-refractivity contribution in [2.24, 2.45) is 5.73 Å². The number of allylic oxidation sites excluding steroid dienone is 3. The maximum absolute atomic E-state index is 5.41. The third kappa shape index (κ3) is 1.24. The van der Waals surface area contributed by atoms with Crippen LogP contribution in [0.25, 0.3) is 0 Å². The smallest absolute Gasteiger partial charge is 0.0931 e. The fraction of sp³-hybridized carbons (Fsp3) is 0.125. The highest BCUT2D eigenvalue weighted by molar-refractivity contribution is 5.45. The van der Waals surface area contributed by atoms with Crippen molar-refractivity contribution >= 4 is 0 Å².